The summed E-state index contributed by atoms with van der Waals surface area (Å²) in [6, 6.07) is 0. The van der Waals surface area contributed by atoms with Crippen LogP contribution < -0.4 is 5.32 Å². The van der Waals surface area contributed by atoms with E-state index in [1.54, 1.807) is 5.32 Å². The van der Waals surface area contributed by atoms with Crippen molar-refractivity contribution in [3.05, 3.63) is 0 Å². The third-order valence-electron chi connectivity index (χ3n) is 2.40. The number of imide groups is 1. The van der Waals surface area contributed by atoms with Gasteiger partial charge in [-0.25, -0.2) is 4.79 Å². The molecular formula is C11H13F3N2O5S2. The fourth-order valence-corrected chi connectivity index (χ4v) is 3.23. The summed E-state index contributed by atoms with van der Waals surface area (Å²) in [6.45, 7) is -0.156. The fraction of sp³-hybridized carbons (Fsp3) is 0.636. The van der Waals surface area contributed by atoms with E-state index in [1.807, 2.05) is 0 Å². The summed E-state index contributed by atoms with van der Waals surface area (Å²) in [4.78, 5) is 48.9. The molecular weight excluding hydrogens is 361 g/mol. The molecule has 1 fully saturated rings. The molecule has 0 aromatic rings. The molecule has 0 atom stereocenters. The fourth-order valence-electron chi connectivity index (χ4n) is 1.35. The van der Waals surface area contributed by atoms with Crippen molar-refractivity contribution in [2.75, 3.05) is 18.1 Å². The van der Waals surface area contributed by atoms with Crippen LogP contribution in [0.1, 0.15) is 19.3 Å². The van der Waals surface area contributed by atoms with Crippen LogP contribution >= 0.6 is 21.6 Å². The number of hydroxylamine groups is 2. The summed E-state index contributed by atoms with van der Waals surface area (Å²) in [5.74, 6) is -3.35. The molecule has 23 heavy (non-hydrogen) atoms. The van der Waals surface area contributed by atoms with Crippen molar-refractivity contribution in [3.63, 3.8) is 0 Å². The van der Waals surface area contributed by atoms with Crippen LogP contribution in [0.2, 0.25) is 0 Å². The van der Waals surface area contributed by atoms with Crippen LogP contribution in [0.15, 0.2) is 0 Å². The Morgan fingerprint density at radius 1 is 1.13 bits per heavy atom. The average Bonchev–Trinajstić information content (AvgIpc) is 2.77. The number of halogens is 3. The van der Waals surface area contributed by atoms with Gasteiger partial charge in [0.15, 0.2) is 0 Å². The maximum absolute atomic E-state index is 11.9. The first kappa shape index (κ1) is 19.6. The summed E-state index contributed by atoms with van der Waals surface area (Å²) >= 11 is 0. The Morgan fingerprint density at radius 2 is 1.70 bits per heavy atom. The number of carbonyl (C=O) groups is 4. The Hall–Kier alpha value is -1.43. The largest absolute Gasteiger partial charge is 0.471 e. The van der Waals surface area contributed by atoms with Gasteiger partial charge in [-0.05, 0) is 0 Å². The molecule has 1 aliphatic rings. The Kier molecular flexibility index (Phi) is 7.68. The highest BCUT2D eigenvalue weighted by atomic mass is 33.1. The van der Waals surface area contributed by atoms with Gasteiger partial charge in [0, 0.05) is 30.9 Å². The molecule has 0 radical (unpaired) electrons. The molecule has 0 unspecified atom stereocenters. The molecule has 0 bridgehead atoms. The zero-order valence-electron chi connectivity index (χ0n) is 11.7. The number of hydrogen-bond acceptors (Lipinski definition) is 7. The van der Waals surface area contributed by atoms with Crippen LogP contribution in [0.25, 0.3) is 0 Å². The van der Waals surface area contributed by atoms with Gasteiger partial charge in [-0.3, -0.25) is 14.4 Å². The van der Waals surface area contributed by atoms with Crippen LogP contribution in [0.5, 0.6) is 0 Å². The van der Waals surface area contributed by atoms with Crippen LogP contribution in [0.4, 0.5) is 13.2 Å². The van der Waals surface area contributed by atoms with Gasteiger partial charge in [-0.2, -0.15) is 13.2 Å². The number of carbonyl (C=O) groups excluding carboxylic acids is 4. The van der Waals surface area contributed by atoms with Crippen LogP contribution in [-0.2, 0) is 24.0 Å². The number of hydrogen-bond donors (Lipinski definition) is 1. The highest BCUT2D eigenvalue weighted by molar-refractivity contribution is 8.76. The molecule has 1 rings (SSSR count). The van der Waals surface area contributed by atoms with E-state index >= 15 is 0 Å². The van der Waals surface area contributed by atoms with Crippen molar-refractivity contribution >= 4 is 45.3 Å². The van der Waals surface area contributed by atoms with Gasteiger partial charge in [0.25, 0.3) is 11.8 Å². The summed E-state index contributed by atoms with van der Waals surface area (Å²) in [6.07, 6.45) is -4.93. The minimum absolute atomic E-state index is 0.0142. The van der Waals surface area contributed by atoms with Crippen LogP contribution in [0.3, 0.4) is 0 Å². The Labute approximate surface area is 137 Å². The Balaban J connectivity index is 2.05. The molecule has 7 nitrogen and oxygen atoms in total. The highest BCUT2D eigenvalue weighted by Crippen LogP contribution is 2.22. The maximum atomic E-state index is 11.9. The molecule has 1 heterocycles. The predicted molar refractivity (Wildman–Crippen MR) is 75.8 cm³/mol. The number of rotatable bonds is 8. The lowest BCUT2D eigenvalue weighted by atomic mass is 10.4. The molecule has 1 saturated heterocycles. The third-order valence-corrected chi connectivity index (χ3v) is 4.81. The van der Waals surface area contributed by atoms with Gasteiger partial charge < -0.3 is 10.2 Å². The van der Waals surface area contributed by atoms with E-state index in [4.69, 9.17) is 0 Å². The predicted octanol–water partition coefficient (Wildman–Crippen LogP) is 1.04. The third kappa shape index (κ3) is 7.12. The van der Waals surface area contributed by atoms with E-state index in [0.29, 0.717) is 5.06 Å². The lowest BCUT2D eigenvalue weighted by Crippen LogP contribution is -2.37. The van der Waals surface area contributed by atoms with Gasteiger partial charge >= 0.3 is 18.1 Å². The molecule has 0 aliphatic carbocycles. The summed E-state index contributed by atoms with van der Waals surface area (Å²) in [5, 5.41) is 2.16. The molecule has 0 aromatic heterocycles. The van der Waals surface area contributed by atoms with E-state index in [0.717, 1.165) is 0 Å². The number of nitrogens with one attached hydrogen (secondary N) is 1. The molecule has 3 amide bonds. The minimum Gasteiger partial charge on any atom is -0.347 e. The zero-order chi connectivity index (χ0) is 17.5. The smallest absolute Gasteiger partial charge is 0.347 e. The van der Waals surface area contributed by atoms with E-state index in [2.05, 4.69) is 4.84 Å². The summed E-state index contributed by atoms with van der Waals surface area (Å²) in [5.41, 5.74) is 0. The number of nitrogens with zero attached hydrogens (tertiary/aromatic N) is 1. The molecule has 0 saturated carbocycles. The zero-order valence-corrected chi connectivity index (χ0v) is 13.3. The standard InChI is InChI=1S/C11H13F3N2O5S2/c12-11(13,14)10(20)15-4-6-23-22-5-3-9(19)21-16-7(17)1-2-8(16)18/h1-6H2,(H,15,20). The van der Waals surface area contributed by atoms with E-state index in [-0.39, 0.29) is 37.3 Å². The Bertz CT molecular complexity index is 471. The molecule has 0 aromatic carbocycles. The van der Waals surface area contributed by atoms with E-state index in [1.165, 1.54) is 21.6 Å². The second-order valence-corrected chi connectivity index (χ2v) is 6.89. The highest BCUT2D eigenvalue weighted by Gasteiger charge is 2.38. The molecule has 130 valence electrons. The lowest BCUT2D eigenvalue weighted by Gasteiger charge is -2.12. The SMILES string of the molecule is O=C(CCSSCCNC(=O)C(F)(F)F)ON1C(=O)CCC1=O. The lowest BCUT2D eigenvalue weighted by molar-refractivity contribution is -0.197. The van der Waals surface area contributed by atoms with Gasteiger partial charge in [0.05, 0.1) is 6.42 Å². The molecule has 12 heteroatoms. The van der Waals surface area contributed by atoms with Crippen LogP contribution in [-0.4, -0.2) is 53.0 Å². The van der Waals surface area contributed by atoms with Crippen molar-refractivity contribution in [3.8, 4) is 0 Å². The second kappa shape index (κ2) is 9.01. The first-order chi connectivity index (χ1) is 10.7. The van der Waals surface area contributed by atoms with Crippen molar-refractivity contribution in [1.29, 1.82) is 0 Å². The van der Waals surface area contributed by atoms with E-state index < -0.39 is 29.9 Å². The van der Waals surface area contributed by atoms with Crippen molar-refractivity contribution in [2.24, 2.45) is 0 Å². The normalized spacial score (nSPS) is 15.0. The van der Waals surface area contributed by atoms with Gasteiger partial charge in [-0.1, -0.05) is 21.6 Å². The van der Waals surface area contributed by atoms with Gasteiger partial charge in [0.1, 0.15) is 0 Å². The number of amides is 3. The summed E-state index contributed by atoms with van der Waals surface area (Å²) < 4.78 is 35.6. The minimum atomic E-state index is -4.90. The van der Waals surface area contributed by atoms with Crippen molar-refractivity contribution in [2.45, 2.75) is 25.4 Å². The van der Waals surface area contributed by atoms with Crippen molar-refractivity contribution < 1.29 is 37.2 Å². The first-order valence-electron chi connectivity index (χ1n) is 6.38. The monoisotopic (exact) mass is 374 g/mol. The summed E-state index contributed by atoms with van der Waals surface area (Å²) in [7, 11) is 2.37. The first-order valence-corrected chi connectivity index (χ1v) is 8.86. The molecule has 0 spiro atoms. The number of alkyl halides is 3. The quantitative estimate of drug-likeness (QED) is 0.386. The van der Waals surface area contributed by atoms with E-state index in [9.17, 15) is 32.3 Å². The van der Waals surface area contributed by atoms with Gasteiger partial charge in [-0.15, -0.1) is 5.06 Å². The average molecular weight is 374 g/mol. The van der Waals surface area contributed by atoms with Crippen molar-refractivity contribution in [1.82, 2.24) is 10.4 Å². The second-order valence-electron chi connectivity index (χ2n) is 4.19. The maximum Gasteiger partial charge on any atom is 0.471 e. The molecule has 1 N–H and O–H groups in total. The van der Waals surface area contributed by atoms with Gasteiger partial charge in [0.2, 0.25) is 0 Å². The molecule has 1 aliphatic heterocycles. The van der Waals surface area contributed by atoms with Crippen LogP contribution in [0, 0.1) is 0 Å². The Morgan fingerprint density at radius 3 is 2.26 bits per heavy atom. The topological polar surface area (TPSA) is 92.8 Å².